The Hall–Kier alpha value is -3.04. The molecule has 3 aromatic heterocycles. The number of para-hydroxylation sites is 2. The van der Waals surface area contributed by atoms with Crippen molar-refractivity contribution in [2.24, 2.45) is 0 Å². The number of nitrogens with zero attached hydrogens (tertiary/aromatic N) is 7. The van der Waals surface area contributed by atoms with Crippen LogP contribution in [0.5, 0.6) is 0 Å². The molecule has 0 N–H and O–H groups in total. The van der Waals surface area contributed by atoms with E-state index in [0.29, 0.717) is 17.9 Å². The van der Waals surface area contributed by atoms with Crippen LogP contribution in [0.25, 0.3) is 22.4 Å². The van der Waals surface area contributed by atoms with E-state index in [1.165, 1.54) is 0 Å². The Morgan fingerprint density at radius 2 is 2.00 bits per heavy atom. The lowest BCUT2D eigenvalue weighted by Gasteiger charge is -2.20. The lowest BCUT2D eigenvalue weighted by Crippen LogP contribution is -2.30. The fraction of sp³-hybridized carbons (Fsp3) is 0.455. The normalized spacial score (nSPS) is 24.6. The van der Waals surface area contributed by atoms with Gasteiger partial charge in [0.25, 0.3) is 5.56 Å². The van der Waals surface area contributed by atoms with E-state index < -0.39 is 0 Å². The monoisotopic (exact) mass is 419 g/mol. The highest BCUT2D eigenvalue weighted by Gasteiger charge is 2.30. The Labute approximate surface area is 178 Å². The Morgan fingerprint density at radius 1 is 1.16 bits per heavy atom. The van der Waals surface area contributed by atoms with Crippen LogP contribution in [0.4, 0.5) is 0 Å². The predicted molar refractivity (Wildman–Crippen MR) is 116 cm³/mol. The Kier molecular flexibility index (Phi) is 4.22. The number of aromatic nitrogens is 6. The summed E-state index contributed by atoms with van der Waals surface area (Å²) in [6.45, 7) is 3.75. The first-order valence-corrected chi connectivity index (χ1v) is 10.9. The van der Waals surface area contributed by atoms with Crippen molar-refractivity contribution in [2.45, 2.75) is 44.4 Å². The van der Waals surface area contributed by atoms with Gasteiger partial charge < -0.3 is 4.74 Å². The molecule has 0 amide bonds. The van der Waals surface area contributed by atoms with E-state index in [1.54, 1.807) is 11.0 Å². The lowest BCUT2D eigenvalue weighted by molar-refractivity contribution is 0.108. The average Bonchev–Trinajstić information content (AvgIpc) is 3.55. The van der Waals surface area contributed by atoms with Gasteiger partial charge in [0, 0.05) is 6.61 Å². The molecule has 6 rings (SSSR count). The van der Waals surface area contributed by atoms with Crippen LogP contribution < -0.4 is 5.56 Å². The number of fused-ring (bicyclic) bond motifs is 3. The summed E-state index contributed by atoms with van der Waals surface area (Å²) < 4.78 is 11.2. The molecule has 0 spiro atoms. The van der Waals surface area contributed by atoms with E-state index >= 15 is 0 Å². The highest BCUT2D eigenvalue weighted by molar-refractivity contribution is 5.81. The van der Waals surface area contributed by atoms with Crippen LogP contribution >= 0.6 is 0 Å². The molecule has 4 aromatic rings. The summed E-state index contributed by atoms with van der Waals surface area (Å²) in [6, 6.07) is 8.20. The van der Waals surface area contributed by atoms with Gasteiger partial charge in [0.2, 0.25) is 0 Å². The molecule has 2 fully saturated rings. The van der Waals surface area contributed by atoms with Crippen molar-refractivity contribution in [1.82, 2.24) is 33.8 Å². The van der Waals surface area contributed by atoms with Crippen LogP contribution in [0.2, 0.25) is 0 Å². The maximum absolute atomic E-state index is 13.8. The van der Waals surface area contributed by atoms with Crippen molar-refractivity contribution >= 4 is 16.6 Å². The highest BCUT2D eigenvalue weighted by Crippen LogP contribution is 2.31. The third kappa shape index (κ3) is 2.76. The number of hydrogen-bond acceptors (Lipinski definition) is 6. The molecule has 3 atom stereocenters. The molecule has 160 valence electrons. The second-order valence-corrected chi connectivity index (χ2v) is 8.61. The van der Waals surface area contributed by atoms with Crippen LogP contribution in [0.1, 0.15) is 44.0 Å². The molecule has 0 saturated carbocycles. The van der Waals surface area contributed by atoms with Gasteiger partial charge in [0.1, 0.15) is 12.0 Å². The van der Waals surface area contributed by atoms with E-state index in [4.69, 9.17) is 4.74 Å². The van der Waals surface area contributed by atoms with Gasteiger partial charge in [-0.25, -0.2) is 4.98 Å². The molecule has 0 radical (unpaired) electrons. The summed E-state index contributed by atoms with van der Waals surface area (Å²) in [5.74, 6) is 0.510. The van der Waals surface area contributed by atoms with Gasteiger partial charge in [-0.2, -0.15) is 4.68 Å². The number of likely N-dealkylation sites (tertiary alicyclic amines) is 1. The van der Waals surface area contributed by atoms with Crippen molar-refractivity contribution in [3.63, 3.8) is 0 Å². The van der Waals surface area contributed by atoms with Gasteiger partial charge in [0.15, 0.2) is 11.3 Å². The zero-order valence-electron chi connectivity index (χ0n) is 17.7. The zero-order chi connectivity index (χ0) is 21.1. The molecule has 9 heteroatoms. The summed E-state index contributed by atoms with van der Waals surface area (Å²) in [5, 5.41) is 8.75. The third-order valence-corrected chi connectivity index (χ3v) is 6.83. The summed E-state index contributed by atoms with van der Waals surface area (Å²) >= 11 is 0. The fourth-order valence-electron chi connectivity index (χ4n) is 5.19. The molecule has 2 aliphatic heterocycles. The van der Waals surface area contributed by atoms with Gasteiger partial charge in [-0.1, -0.05) is 17.3 Å². The van der Waals surface area contributed by atoms with Crippen LogP contribution in [0.15, 0.2) is 41.6 Å². The minimum Gasteiger partial charge on any atom is -0.376 e. The first-order chi connectivity index (χ1) is 15.1. The molecule has 9 nitrogen and oxygen atoms in total. The number of rotatable bonds is 3. The standard InChI is InChI=1S/C22H25N7O2/c1-14-16(9-11-31-14)29-19-7-4-3-6-18(19)27-13-23-21(20(27)22(29)30)28-12-15(24-25-28)17-8-5-10-26(17)2/h3-4,6-7,12-14,16-17H,5,8-11H2,1-2H3. The summed E-state index contributed by atoms with van der Waals surface area (Å²) in [4.78, 5) is 20.7. The molecule has 1 aromatic carbocycles. The van der Waals surface area contributed by atoms with Crippen molar-refractivity contribution in [3.8, 4) is 5.82 Å². The molecule has 31 heavy (non-hydrogen) atoms. The first kappa shape index (κ1) is 18.7. The molecule has 2 aliphatic rings. The van der Waals surface area contributed by atoms with E-state index in [9.17, 15) is 4.79 Å². The number of ether oxygens (including phenoxy) is 1. The SMILES string of the molecule is CC1OCCC1n1c(=O)c2c(-n3cc(C4CCCN4C)nn3)ncn2c2ccccc21. The fourth-order valence-corrected chi connectivity index (χ4v) is 5.19. The number of benzene rings is 1. The highest BCUT2D eigenvalue weighted by atomic mass is 16.5. The lowest BCUT2D eigenvalue weighted by atomic mass is 10.1. The van der Waals surface area contributed by atoms with Gasteiger partial charge in [0.05, 0.1) is 35.4 Å². The average molecular weight is 419 g/mol. The smallest absolute Gasteiger partial charge is 0.279 e. The summed E-state index contributed by atoms with van der Waals surface area (Å²) in [5.41, 5.74) is 3.17. The van der Waals surface area contributed by atoms with Gasteiger partial charge in [-0.3, -0.25) is 18.7 Å². The summed E-state index contributed by atoms with van der Waals surface area (Å²) in [6.07, 6.45) is 6.62. The van der Waals surface area contributed by atoms with E-state index in [-0.39, 0.29) is 23.7 Å². The summed E-state index contributed by atoms with van der Waals surface area (Å²) in [7, 11) is 2.11. The molecule has 0 bridgehead atoms. The Morgan fingerprint density at radius 3 is 2.74 bits per heavy atom. The van der Waals surface area contributed by atoms with Gasteiger partial charge >= 0.3 is 0 Å². The Balaban J connectivity index is 1.57. The first-order valence-electron chi connectivity index (χ1n) is 10.9. The van der Waals surface area contributed by atoms with E-state index in [1.807, 2.05) is 46.4 Å². The van der Waals surface area contributed by atoms with Crippen LogP contribution in [0.3, 0.4) is 0 Å². The largest absolute Gasteiger partial charge is 0.376 e. The topological polar surface area (TPSA) is 82.5 Å². The molecule has 0 aliphatic carbocycles. The van der Waals surface area contributed by atoms with E-state index in [2.05, 4.69) is 27.2 Å². The minimum absolute atomic E-state index is 0.0106. The zero-order valence-corrected chi connectivity index (χ0v) is 17.7. The quantitative estimate of drug-likeness (QED) is 0.507. The molecular formula is C22H25N7O2. The molecule has 5 heterocycles. The second-order valence-electron chi connectivity index (χ2n) is 8.61. The maximum atomic E-state index is 13.8. The maximum Gasteiger partial charge on any atom is 0.279 e. The van der Waals surface area contributed by atoms with Crippen LogP contribution in [0, 0.1) is 0 Å². The van der Waals surface area contributed by atoms with Gasteiger partial charge in [-0.15, -0.1) is 5.10 Å². The van der Waals surface area contributed by atoms with Crippen molar-refractivity contribution in [3.05, 3.63) is 52.8 Å². The number of hydrogen-bond donors (Lipinski definition) is 0. The van der Waals surface area contributed by atoms with Crippen LogP contribution in [-0.2, 0) is 4.74 Å². The third-order valence-electron chi connectivity index (χ3n) is 6.83. The molecule has 2 saturated heterocycles. The molecular weight excluding hydrogens is 394 g/mol. The molecule has 3 unspecified atom stereocenters. The van der Waals surface area contributed by atoms with Crippen molar-refractivity contribution in [2.75, 3.05) is 20.2 Å². The second kappa shape index (κ2) is 7.00. The van der Waals surface area contributed by atoms with E-state index in [0.717, 1.165) is 42.5 Å². The van der Waals surface area contributed by atoms with Crippen molar-refractivity contribution in [1.29, 1.82) is 0 Å². The van der Waals surface area contributed by atoms with Gasteiger partial charge in [-0.05, 0) is 51.9 Å². The predicted octanol–water partition coefficient (Wildman–Crippen LogP) is 2.35. The van der Waals surface area contributed by atoms with Crippen molar-refractivity contribution < 1.29 is 4.74 Å². The minimum atomic E-state index is -0.0800. The van der Waals surface area contributed by atoms with Crippen LogP contribution in [-0.4, -0.2) is 60.1 Å². The number of imidazole rings is 1. The Bertz CT molecular complexity index is 1340.